The number of carbonyl (C=O) groups excluding carboxylic acids is 6. The number of likely N-dealkylation sites (N-methyl/N-ethyl adjacent to an activating group) is 2. The van der Waals surface area contributed by atoms with Crippen LogP contribution in [0.25, 0.3) is 0 Å². The van der Waals surface area contributed by atoms with Gasteiger partial charge in [0.25, 0.3) is 5.91 Å². The molecule has 1 aromatic carbocycles. The molecule has 6 amide bonds. The Morgan fingerprint density at radius 3 is 2.00 bits per heavy atom. The molecule has 9 atom stereocenters. The summed E-state index contributed by atoms with van der Waals surface area (Å²) in [5, 5.41) is 7.85. The normalized spacial score (nSPS) is 18.7. The Labute approximate surface area is 412 Å². The summed E-state index contributed by atoms with van der Waals surface area (Å²) in [6, 6.07) is 2.76. The number of benzene rings is 1. The van der Waals surface area contributed by atoms with E-state index in [0.717, 1.165) is 25.7 Å². The average Bonchev–Trinajstić information content (AvgIpc) is 4.06. The summed E-state index contributed by atoms with van der Waals surface area (Å²) in [7, 11) is 4.38. The molecule has 18 nitrogen and oxygen atoms in total. The van der Waals surface area contributed by atoms with Crippen LogP contribution in [0.5, 0.6) is 5.75 Å². The van der Waals surface area contributed by atoms with E-state index in [4.69, 9.17) is 14.2 Å². The Morgan fingerprint density at radius 2 is 1.46 bits per heavy atom. The molecule has 1 aliphatic heterocycles. The summed E-state index contributed by atoms with van der Waals surface area (Å²) in [4.78, 5) is 87.7. The minimum atomic E-state index is -3.96. The number of likely N-dealkylation sites (tertiary alicyclic amines) is 1. The highest BCUT2D eigenvalue weighted by Crippen LogP contribution is 2.31. The number of ether oxygens (including phenoxy) is 3. The lowest BCUT2D eigenvalue weighted by Crippen LogP contribution is -2.59. The number of hydrogen-bond acceptors (Lipinski definition) is 12. The first-order valence-electron chi connectivity index (χ1n) is 25.0. The van der Waals surface area contributed by atoms with E-state index >= 15 is 0 Å². The molecule has 4 N–H and O–H groups in total. The molecule has 1 saturated heterocycles. The maximum Gasteiger partial charge on any atom is 0.412 e. The lowest BCUT2D eigenvalue weighted by Gasteiger charge is -2.41. The van der Waals surface area contributed by atoms with Gasteiger partial charge < -0.3 is 40.0 Å². The lowest BCUT2D eigenvalue weighted by atomic mass is 9.89. The second-order valence-electron chi connectivity index (χ2n) is 20.0. The van der Waals surface area contributed by atoms with E-state index in [1.165, 1.54) is 14.2 Å². The first-order chi connectivity index (χ1) is 32.5. The fourth-order valence-corrected chi connectivity index (χ4v) is 10.8. The highest BCUT2D eigenvalue weighted by molar-refractivity contribution is 7.90. The molecule has 3 rings (SSSR count). The SMILES string of the molecule is CCCCCCNC(=O)Oc1ccc(C[C@H](NC(=O)[C@H](C)[C@@H](OC)[C@@H]2CCCN2C(=O)C[C@@H](OC)[C@H]([C@@H](C)CC)N(C)C(=O)[C@@H](NC(=O)[C@H](C(C)C)N(C)C)C(C)C)C(=O)NS(=O)(=O)C2CC2)cc1. The Kier molecular flexibility index (Phi) is 23.9. The van der Waals surface area contributed by atoms with Crippen molar-refractivity contribution in [2.24, 2.45) is 23.7 Å². The van der Waals surface area contributed by atoms with Crippen LogP contribution >= 0.6 is 0 Å². The monoisotopic (exact) mass is 992 g/mol. The van der Waals surface area contributed by atoms with E-state index in [1.807, 2.05) is 60.5 Å². The third kappa shape index (κ3) is 17.2. The molecule has 0 unspecified atom stereocenters. The number of carbonyl (C=O) groups is 6. The molecule has 1 saturated carbocycles. The van der Waals surface area contributed by atoms with Crippen LogP contribution < -0.4 is 25.4 Å². The highest BCUT2D eigenvalue weighted by Gasteiger charge is 2.44. The van der Waals surface area contributed by atoms with Crippen molar-refractivity contribution >= 4 is 45.7 Å². The largest absolute Gasteiger partial charge is 0.412 e. The third-order valence-electron chi connectivity index (χ3n) is 13.7. The zero-order chi connectivity index (χ0) is 51.7. The number of hydrogen-bond donors (Lipinski definition) is 4. The van der Waals surface area contributed by atoms with Crippen molar-refractivity contribution in [3.05, 3.63) is 29.8 Å². The zero-order valence-corrected chi connectivity index (χ0v) is 44.5. The highest BCUT2D eigenvalue weighted by atomic mass is 32.2. The standard InChI is InChI=1S/C50H85N7O11S/c1-14-16-17-18-27-51-50(63)68-36-23-21-35(22-24-36)29-38(47(60)54-69(64,65)37-25-26-37)52-46(59)34(8)45(67-13)39-20-19-28-57(39)41(58)30-40(66-12)44(33(7)15-2)56(11)49(62)42(31(3)4)53-48(61)43(32(5)6)55(9)10/h21-24,31-34,37-40,42-45H,14-20,25-30H2,1-13H3,(H,51,63)(H,52,59)(H,53,61)(H,54,60)/t33-,34+,38-,39-,40+,42-,43-,44-,45+/m0/s1. The third-order valence-corrected chi connectivity index (χ3v) is 15.5. The first kappa shape index (κ1) is 59.0. The molecule has 0 aromatic heterocycles. The molecular weight excluding hydrogens is 907 g/mol. The van der Waals surface area contributed by atoms with Crippen LogP contribution in [-0.4, -0.2) is 155 Å². The van der Waals surface area contributed by atoms with Gasteiger partial charge in [-0.1, -0.05) is 93.2 Å². The predicted octanol–water partition coefficient (Wildman–Crippen LogP) is 4.64. The zero-order valence-electron chi connectivity index (χ0n) is 43.7. The van der Waals surface area contributed by atoms with Gasteiger partial charge in [-0.15, -0.1) is 0 Å². The minimum Gasteiger partial charge on any atom is -0.410 e. The van der Waals surface area contributed by atoms with Gasteiger partial charge in [0.05, 0.1) is 47.9 Å². The van der Waals surface area contributed by atoms with Gasteiger partial charge in [0.15, 0.2) is 0 Å². The minimum absolute atomic E-state index is 0.00558. The van der Waals surface area contributed by atoms with Crippen molar-refractivity contribution in [2.75, 3.05) is 48.5 Å². The number of nitrogens with zero attached hydrogens (tertiary/aromatic N) is 3. The maximum absolute atomic E-state index is 14.4. The number of sulfonamides is 1. The molecule has 0 spiro atoms. The van der Waals surface area contributed by atoms with Crippen LogP contribution in [0.3, 0.4) is 0 Å². The van der Waals surface area contributed by atoms with Gasteiger partial charge in [-0.3, -0.25) is 33.6 Å². The molecular formula is C50H85N7O11S. The molecule has 2 aliphatic rings. The van der Waals surface area contributed by atoms with Crippen molar-refractivity contribution in [1.29, 1.82) is 0 Å². The Bertz CT molecular complexity index is 1940. The molecule has 2 fully saturated rings. The summed E-state index contributed by atoms with van der Waals surface area (Å²) < 4.78 is 45.4. The molecule has 69 heavy (non-hydrogen) atoms. The summed E-state index contributed by atoms with van der Waals surface area (Å²) >= 11 is 0. The number of nitrogens with one attached hydrogen (secondary N) is 4. The molecule has 19 heteroatoms. The van der Waals surface area contributed by atoms with E-state index in [2.05, 4.69) is 27.6 Å². The van der Waals surface area contributed by atoms with Crippen LogP contribution in [0, 0.1) is 23.7 Å². The van der Waals surface area contributed by atoms with Crippen molar-refractivity contribution in [1.82, 2.24) is 35.4 Å². The van der Waals surface area contributed by atoms with Crippen molar-refractivity contribution in [2.45, 2.75) is 174 Å². The predicted molar refractivity (Wildman–Crippen MR) is 266 cm³/mol. The second kappa shape index (κ2) is 27.9. The van der Waals surface area contributed by atoms with Crippen molar-refractivity contribution in [3.63, 3.8) is 0 Å². The van der Waals surface area contributed by atoms with Gasteiger partial charge in [0.2, 0.25) is 33.7 Å². The fourth-order valence-electron chi connectivity index (χ4n) is 9.41. The van der Waals surface area contributed by atoms with Gasteiger partial charge in [0, 0.05) is 40.8 Å². The van der Waals surface area contributed by atoms with E-state index in [0.29, 0.717) is 50.8 Å². The van der Waals surface area contributed by atoms with Crippen LogP contribution in [0.1, 0.15) is 125 Å². The maximum atomic E-state index is 14.4. The van der Waals surface area contributed by atoms with Gasteiger partial charge in [-0.05, 0) is 81.6 Å². The van der Waals surface area contributed by atoms with Gasteiger partial charge >= 0.3 is 6.09 Å². The Balaban J connectivity index is 1.80. The second-order valence-corrected chi connectivity index (χ2v) is 21.9. The molecule has 1 heterocycles. The Hall–Kier alpha value is -4.33. The van der Waals surface area contributed by atoms with E-state index < -0.39 is 81.5 Å². The average molecular weight is 992 g/mol. The number of rotatable bonds is 29. The molecule has 0 bridgehead atoms. The quantitative estimate of drug-likeness (QED) is 0.0807. The fraction of sp³-hybridized carbons (Fsp3) is 0.760. The summed E-state index contributed by atoms with van der Waals surface area (Å²) in [5.74, 6) is -3.19. The van der Waals surface area contributed by atoms with Crippen molar-refractivity contribution < 1.29 is 51.4 Å². The van der Waals surface area contributed by atoms with Crippen LogP contribution in [-0.2, 0) is 49.9 Å². The lowest BCUT2D eigenvalue weighted by molar-refractivity contribution is -0.148. The first-order valence-corrected chi connectivity index (χ1v) is 26.6. The molecule has 1 aromatic rings. The summed E-state index contributed by atoms with van der Waals surface area (Å²) in [6.07, 6.45) is 4.44. The van der Waals surface area contributed by atoms with Crippen LogP contribution in [0.15, 0.2) is 24.3 Å². The van der Waals surface area contributed by atoms with Gasteiger partial charge in [-0.25, -0.2) is 13.2 Å². The molecule has 1 aliphatic carbocycles. The van der Waals surface area contributed by atoms with Crippen LogP contribution in [0.2, 0.25) is 0 Å². The number of amides is 6. The Morgan fingerprint density at radius 1 is 0.812 bits per heavy atom. The number of unbranched alkanes of at least 4 members (excludes halogenated alkanes) is 3. The molecule has 0 radical (unpaired) electrons. The van der Waals surface area contributed by atoms with E-state index in [-0.39, 0.29) is 54.1 Å². The van der Waals surface area contributed by atoms with Crippen LogP contribution in [0.4, 0.5) is 4.79 Å². The topological polar surface area (TPSA) is 222 Å². The van der Waals surface area contributed by atoms with Gasteiger partial charge in [0.1, 0.15) is 17.8 Å². The number of methoxy groups -OCH3 is 2. The molecule has 392 valence electrons. The summed E-state index contributed by atoms with van der Waals surface area (Å²) in [5.41, 5.74) is 0.569. The smallest absolute Gasteiger partial charge is 0.410 e. The summed E-state index contributed by atoms with van der Waals surface area (Å²) in [6.45, 7) is 16.3. The van der Waals surface area contributed by atoms with E-state index in [1.54, 1.807) is 48.0 Å². The van der Waals surface area contributed by atoms with Crippen molar-refractivity contribution in [3.8, 4) is 5.75 Å². The van der Waals surface area contributed by atoms with Gasteiger partial charge in [-0.2, -0.15) is 0 Å². The van der Waals surface area contributed by atoms with E-state index in [9.17, 15) is 37.2 Å².